The SMILES string of the molecule is CSc1ccc(N2CC(C(=O)NCc3ccc(Cn4cncn4)cc3)CC2=O)cc1. The summed E-state index contributed by atoms with van der Waals surface area (Å²) in [6.45, 7) is 1.51. The molecule has 1 atom stereocenters. The molecule has 30 heavy (non-hydrogen) atoms. The fourth-order valence-corrected chi connectivity index (χ4v) is 3.90. The molecule has 1 fully saturated rings. The Bertz CT molecular complexity index is 1000. The number of benzene rings is 2. The van der Waals surface area contributed by atoms with E-state index in [1.807, 2.05) is 54.8 Å². The van der Waals surface area contributed by atoms with E-state index in [0.717, 1.165) is 21.7 Å². The summed E-state index contributed by atoms with van der Waals surface area (Å²) < 4.78 is 1.76. The molecule has 1 unspecified atom stereocenters. The van der Waals surface area contributed by atoms with Crippen LogP contribution >= 0.6 is 11.8 Å². The molecule has 0 bridgehead atoms. The molecule has 1 aliphatic rings. The highest BCUT2D eigenvalue weighted by Crippen LogP contribution is 2.27. The maximum absolute atomic E-state index is 12.6. The fourth-order valence-electron chi connectivity index (χ4n) is 3.49. The first-order valence-electron chi connectivity index (χ1n) is 9.75. The van der Waals surface area contributed by atoms with Crippen molar-refractivity contribution in [3.05, 3.63) is 72.3 Å². The minimum atomic E-state index is -0.329. The van der Waals surface area contributed by atoms with Gasteiger partial charge in [0, 0.05) is 30.1 Å². The van der Waals surface area contributed by atoms with E-state index in [0.29, 0.717) is 19.6 Å². The predicted octanol–water partition coefficient (Wildman–Crippen LogP) is 2.72. The van der Waals surface area contributed by atoms with Crippen molar-refractivity contribution in [2.24, 2.45) is 5.92 Å². The summed E-state index contributed by atoms with van der Waals surface area (Å²) in [6, 6.07) is 15.9. The minimum absolute atomic E-state index is 0.00971. The van der Waals surface area contributed by atoms with Gasteiger partial charge in [-0.15, -0.1) is 11.8 Å². The van der Waals surface area contributed by atoms with Crippen molar-refractivity contribution in [3.63, 3.8) is 0 Å². The van der Waals surface area contributed by atoms with Gasteiger partial charge in [0.15, 0.2) is 0 Å². The summed E-state index contributed by atoms with van der Waals surface area (Å²) in [6.07, 6.45) is 5.45. The van der Waals surface area contributed by atoms with E-state index in [9.17, 15) is 9.59 Å². The highest BCUT2D eigenvalue weighted by Gasteiger charge is 2.34. The number of carbonyl (C=O) groups excluding carboxylic acids is 2. The molecule has 0 aliphatic carbocycles. The van der Waals surface area contributed by atoms with Crippen LogP contribution in [0.5, 0.6) is 0 Å². The molecule has 0 saturated carbocycles. The quantitative estimate of drug-likeness (QED) is 0.594. The Morgan fingerprint density at radius 1 is 1.13 bits per heavy atom. The lowest BCUT2D eigenvalue weighted by atomic mass is 10.1. The Morgan fingerprint density at radius 3 is 2.53 bits per heavy atom. The zero-order valence-electron chi connectivity index (χ0n) is 16.7. The van der Waals surface area contributed by atoms with Crippen LogP contribution in [-0.4, -0.2) is 39.4 Å². The zero-order valence-corrected chi connectivity index (χ0v) is 17.5. The third-order valence-corrected chi connectivity index (χ3v) is 5.92. The molecular weight excluding hydrogens is 398 g/mol. The molecule has 8 heteroatoms. The van der Waals surface area contributed by atoms with Crippen molar-refractivity contribution in [1.29, 1.82) is 0 Å². The van der Waals surface area contributed by atoms with Crippen molar-refractivity contribution < 1.29 is 9.59 Å². The molecule has 3 aromatic rings. The molecule has 1 N–H and O–H groups in total. The second-order valence-corrected chi connectivity index (χ2v) is 8.11. The lowest BCUT2D eigenvalue weighted by molar-refractivity contribution is -0.126. The van der Waals surface area contributed by atoms with Crippen LogP contribution in [0.25, 0.3) is 0 Å². The van der Waals surface area contributed by atoms with Crippen LogP contribution in [-0.2, 0) is 22.7 Å². The largest absolute Gasteiger partial charge is 0.352 e. The van der Waals surface area contributed by atoms with Crippen LogP contribution in [0.2, 0.25) is 0 Å². The van der Waals surface area contributed by atoms with Crippen molar-refractivity contribution in [2.75, 3.05) is 17.7 Å². The lowest BCUT2D eigenvalue weighted by Gasteiger charge is -2.17. The van der Waals surface area contributed by atoms with E-state index in [1.165, 1.54) is 6.33 Å². The Labute approximate surface area is 179 Å². The molecule has 4 rings (SSSR count). The van der Waals surface area contributed by atoms with Gasteiger partial charge in [-0.1, -0.05) is 24.3 Å². The molecule has 1 aromatic heterocycles. The predicted molar refractivity (Wildman–Crippen MR) is 116 cm³/mol. The van der Waals surface area contributed by atoms with E-state index >= 15 is 0 Å². The maximum atomic E-state index is 12.6. The monoisotopic (exact) mass is 421 g/mol. The summed E-state index contributed by atoms with van der Waals surface area (Å²) in [7, 11) is 0. The number of nitrogens with one attached hydrogen (secondary N) is 1. The summed E-state index contributed by atoms with van der Waals surface area (Å²) in [5.41, 5.74) is 2.97. The highest BCUT2D eigenvalue weighted by molar-refractivity contribution is 7.98. The van der Waals surface area contributed by atoms with Crippen molar-refractivity contribution in [2.45, 2.75) is 24.4 Å². The van der Waals surface area contributed by atoms with E-state index in [1.54, 1.807) is 27.7 Å². The van der Waals surface area contributed by atoms with Crippen LogP contribution in [0.3, 0.4) is 0 Å². The second-order valence-electron chi connectivity index (χ2n) is 7.23. The average molecular weight is 422 g/mol. The minimum Gasteiger partial charge on any atom is -0.352 e. The highest BCUT2D eigenvalue weighted by atomic mass is 32.2. The first-order valence-corrected chi connectivity index (χ1v) is 11.0. The summed E-state index contributed by atoms with van der Waals surface area (Å²) in [5.74, 6) is -0.424. The van der Waals surface area contributed by atoms with Gasteiger partial charge < -0.3 is 10.2 Å². The topological polar surface area (TPSA) is 80.1 Å². The lowest BCUT2D eigenvalue weighted by Crippen LogP contribution is -2.32. The van der Waals surface area contributed by atoms with Crippen molar-refractivity contribution >= 4 is 29.3 Å². The molecule has 1 aliphatic heterocycles. The number of aromatic nitrogens is 3. The molecule has 2 aromatic carbocycles. The standard InChI is InChI=1S/C22H23N5O2S/c1-30-20-8-6-19(7-9-20)27-13-18(10-21(27)28)22(29)24-11-16-2-4-17(5-3-16)12-26-15-23-14-25-26/h2-9,14-15,18H,10-13H2,1H3,(H,24,29). The second kappa shape index (κ2) is 9.13. The van der Waals surface area contributed by atoms with Crippen LogP contribution in [0.15, 0.2) is 66.1 Å². The fraction of sp³-hybridized carbons (Fsp3) is 0.273. The van der Waals surface area contributed by atoms with Crippen LogP contribution in [0.4, 0.5) is 5.69 Å². The summed E-state index contributed by atoms with van der Waals surface area (Å²) in [4.78, 5) is 31.8. The maximum Gasteiger partial charge on any atom is 0.227 e. The van der Waals surface area contributed by atoms with E-state index < -0.39 is 0 Å². The van der Waals surface area contributed by atoms with Crippen LogP contribution < -0.4 is 10.2 Å². The molecule has 154 valence electrons. The number of hydrogen-bond donors (Lipinski definition) is 1. The van der Waals surface area contributed by atoms with Gasteiger partial charge in [0.25, 0.3) is 0 Å². The number of amides is 2. The first kappa shape index (κ1) is 20.2. The van der Waals surface area contributed by atoms with Gasteiger partial charge in [-0.2, -0.15) is 5.10 Å². The Balaban J connectivity index is 1.30. The molecule has 7 nitrogen and oxygen atoms in total. The summed E-state index contributed by atoms with van der Waals surface area (Å²) >= 11 is 1.66. The van der Waals surface area contributed by atoms with Crippen LogP contribution in [0.1, 0.15) is 17.5 Å². The molecule has 0 spiro atoms. The Morgan fingerprint density at radius 2 is 1.87 bits per heavy atom. The molecule has 2 amide bonds. The molecule has 2 heterocycles. The van der Waals surface area contributed by atoms with Crippen molar-refractivity contribution in [1.82, 2.24) is 20.1 Å². The number of hydrogen-bond acceptors (Lipinski definition) is 5. The third-order valence-electron chi connectivity index (χ3n) is 5.18. The average Bonchev–Trinajstić information content (AvgIpc) is 3.43. The van der Waals surface area contributed by atoms with Gasteiger partial charge in [-0.25, -0.2) is 9.67 Å². The van der Waals surface area contributed by atoms with Gasteiger partial charge >= 0.3 is 0 Å². The normalized spacial score (nSPS) is 16.1. The first-order chi connectivity index (χ1) is 14.6. The summed E-state index contributed by atoms with van der Waals surface area (Å²) in [5, 5.41) is 7.06. The van der Waals surface area contributed by atoms with Crippen molar-refractivity contribution in [3.8, 4) is 0 Å². The third kappa shape index (κ3) is 4.71. The van der Waals surface area contributed by atoms with Gasteiger partial charge in [-0.3, -0.25) is 9.59 Å². The van der Waals surface area contributed by atoms with Crippen LogP contribution in [0, 0.1) is 5.92 Å². The smallest absolute Gasteiger partial charge is 0.227 e. The van der Waals surface area contributed by atoms with Gasteiger partial charge in [-0.05, 0) is 41.6 Å². The Kier molecular flexibility index (Phi) is 6.13. The molecule has 1 saturated heterocycles. The Hall–Kier alpha value is -3.13. The van der Waals surface area contributed by atoms with E-state index in [-0.39, 0.29) is 24.2 Å². The number of anilines is 1. The number of rotatable bonds is 7. The molecular formula is C22H23N5O2S. The number of carbonyl (C=O) groups is 2. The number of nitrogens with zero attached hydrogens (tertiary/aromatic N) is 4. The van der Waals surface area contributed by atoms with Gasteiger partial charge in [0.05, 0.1) is 12.5 Å². The molecule has 0 radical (unpaired) electrons. The van der Waals surface area contributed by atoms with Gasteiger partial charge in [0.2, 0.25) is 11.8 Å². The van der Waals surface area contributed by atoms with E-state index in [4.69, 9.17) is 0 Å². The number of thioether (sulfide) groups is 1. The van der Waals surface area contributed by atoms with E-state index in [2.05, 4.69) is 15.4 Å². The zero-order chi connectivity index (χ0) is 20.9. The van der Waals surface area contributed by atoms with Gasteiger partial charge in [0.1, 0.15) is 12.7 Å².